The van der Waals surface area contributed by atoms with Crippen LogP contribution < -0.4 is 40.2 Å². The van der Waals surface area contributed by atoms with Crippen LogP contribution in [0.5, 0.6) is 23.5 Å². The average Bonchev–Trinajstić information content (AvgIpc) is 3.64. The average molecular weight is 971 g/mol. The Balaban J connectivity index is 1.32. The first-order chi connectivity index (χ1) is 29.4. The predicted octanol–water partition coefficient (Wildman–Crippen LogP) is 5.74. The molecule has 0 radical (unpaired) electrons. The van der Waals surface area contributed by atoms with Gasteiger partial charge in [-0.2, -0.15) is 9.97 Å². The van der Waals surface area contributed by atoms with Crippen LogP contribution in [-0.4, -0.2) is 82.8 Å². The van der Waals surface area contributed by atoms with E-state index >= 15 is 0 Å². The summed E-state index contributed by atoms with van der Waals surface area (Å²) in [6, 6.07) is 15.2. The molecule has 6 N–H and O–H groups in total. The van der Waals surface area contributed by atoms with Crippen molar-refractivity contribution in [3.8, 4) is 34.6 Å². The van der Waals surface area contributed by atoms with E-state index in [1.54, 1.807) is 12.1 Å². The third kappa shape index (κ3) is 13.6. The topological polar surface area (TPSA) is 220 Å². The molecule has 5 rings (SSSR count). The van der Waals surface area contributed by atoms with Crippen molar-refractivity contribution in [2.24, 2.45) is 0 Å². The summed E-state index contributed by atoms with van der Waals surface area (Å²) in [5.41, 5.74) is 7.13. The van der Waals surface area contributed by atoms with E-state index in [9.17, 15) is 19.2 Å². The van der Waals surface area contributed by atoms with Crippen LogP contribution in [0.4, 0.5) is 0 Å². The number of aliphatic carboxylic acids is 2. The fourth-order valence-electron chi connectivity index (χ4n) is 6.68. The Bertz CT molecular complexity index is 2190. The second-order valence-corrected chi connectivity index (χ2v) is 16.1. The van der Waals surface area contributed by atoms with Gasteiger partial charge in [-0.05, 0) is 104 Å². The molecule has 2 atom stereocenters. The molecule has 2 unspecified atom stereocenters. The molecule has 4 aromatic rings. The Morgan fingerprint density at radius 3 is 1.80 bits per heavy atom. The Morgan fingerprint density at radius 2 is 1.34 bits per heavy atom. The molecule has 16 nitrogen and oxygen atoms in total. The SMILES string of the molecule is CCCC(COc1nc(OCc2cccc(-c3cccc(COc4nc(OCC5CCC(=O)N5)c(CNCC(=O)O)cc4Br)c3C)c2C)c(Br)cc1CNCC(=O)O)NC=O. The first-order valence-electron chi connectivity index (χ1n) is 19.8. The minimum Gasteiger partial charge on any atom is -0.480 e. The van der Waals surface area contributed by atoms with Crippen molar-refractivity contribution in [3.05, 3.63) is 90.9 Å². The number of carboxylic acids is 2. The first kappa shape index (κ1) is 46.8. The van der Waals surface area contributed by atoms with E-state index in [4.69, 9.17) is 29.2 Å². The van der Waals surface area contributed by atoms with Gasteiger partial charge in [0.15, 0.2) is 0 Å². The maximum absolute atomic E-state index is 11.7. The van der Waals surface area contributed by atoms with Crippen molar-refractivity contribution >= 4 is 56.1 Å². The molecule has 1 aliphatic heterocycles. The lowest BCUT2D eigenvalue weighted by molar-refractivity contribution is -0.137. The van der Waals surface area contributed by atoms with Crippen LogP contribution in [0.1, 0.15) is 66.0 Å². The van der Waals surface area contributed by atoms with Gasteiger partial charge in [-0.25, -0.2) is 0 Å². The van der Waals surface area contributed by atoms with Crippen LogP contribution in [0.2, 0.25) is 0 Å². The molecule has 2 amide bonds. The van der Waals surface area contributed by atoms with Gasteiger partial charge in [-0.15, -0.1) is 0 Å². The van der Waals surface area contributed by atoms with Crippen molar-refractivity contribution in [3.63, 3.8) is 0 Å². The van der Waals surface area contributed by atoms with Gasteiger partial charge in [-0.1, -0.05) is 49.7 Å². The summed E-state index contributed by atoms with van der Waals surface area (Å²) in [6.07, 6.45) is 3.26. The van der Waals surface area contributed by atoms with Gasteiger partial charge in [0, 0.05) is 30.6 Å². The summed E-state index contributed by atoms with van der Waals surface area (Å²) in [6.45, 7) is 6.73. The molecular weight excluding hydrogens is 920 g/mol. The summed E-state index contributed by atoms with van der Waals surface area (Å²) in [5, 5.41) is 29.6. The number of rotatable bonds is 25. The van der Waals surface area contributed by atoms with Crippen LogP contribution in [0.25, 0.3) is 11.1 Å². The molecule has 326 valence electrons. The summed E-state index contributed by atoms with van der Waals surface area (Å²) in [5.74, 6) is -0.888. The van der Waals surface area contributed by atoms with E-state index < -0.39 is 11.9 Å². The fraction of sp³-hybridized carbons (Fsp3) is 0.395. The van der Waals surface area contributed by atoms with E-state index in [0.717, 1.165) is 39.8 Å². The van der Waals surface area contributed by atoms with Gasteiger partial charge in [0.05, 0.1) is 34.1 Å². The zero-order valence-corrected chi connectivity index (χ0v) is 37.3. The molecule has 18 heteroatoms. The third-order valence-electron chi connectivity index (χ3n) is 9.93. The van der Waals surface area contributed by atoms with Crippen molar-refractivity contribution in [2.45, 2.75) is 84.8 Å². The van der Waals surface area contributed by atoms with Gasteiger partial charge < -0.3 is 50.4 Å². The number of nitrogens with one attached hydrogen (secondary N) is 4. The van der Waals surface area contributed by atoms with Crippen molar-refractivity contribution in [1.82, 2.24) is 31.2 Å². The maximum atomic E-state index is 11.7. The molecule has 1 saturated heterocycles. The predicted molar refractivity (Wildman–Crippen MR) is 233 cm³/mol. The Hall–Kier alpha value is -5.30. The molecular formula is C43H50Br2N6O10. The lowest BCUT2D eigenvalue weighted by atomic mass is 9.92. The third-order valence-corrected chi connectivity index (χ3v) is 11.1. The number of carbonyl (C=O) groups is 4. The van der Waals surface area contributed by atoms with Crippen LogP contribution in [0.3, 0.4) is 0 Å². The summed E-state index contributed by atoms with van der Waals surface area (Å²) >= 11 is 7.13. The molecule has 0 spiro atoms. The number of carboxylic acid groups (broad SMARTS) is 2. The number of hydrogen-bond acceptors (Lipinski definition) is 12. The van der Waals surface area contributed by atoms with E-state index in [2.05, 4.69) is 75.2 Å². The van der Waals surface area contributed by atoms with Gasteiger partial charge in [0.25, 0.3) is 0 Å². The number of amides is 2. The van der Waals surface area contributed by atoms with E-state index in [-0.39, 0.29) is 88.2 Å². The molecule has 61 heavy (non-hydrogen) atoms. The first-order valence-corrected chi connectivity index (χ1v) is 21.4. The number of ether oxygens (including phenoxy) is 4. The standard InChI is InChI=1S/C43H50Br2N6O10/c1-4-7-31(48-24-52)22-60-40-29(16-46-18-38(54)55)14-35(44)42(50-40)58-20-27-8-5-10-33(25(27)2)34-11-6-9-28(26(34)3)21-59-43-36(45)15-30(17-47-19-39(56)57)41(51-43)61-23-32-12-13-37(53)49-32/h5-6,8-11,14-15,24,31-32,46-47H,4,7,12-13,16-23H2,1-3H3,(H,48,52)(H,49,53)(H,54,55)(H,56,57). The molecule has 0 saturated carbocycles. The monoisotopic (exact) mass is 968 g/mol. The molecule has 1 aliphatic rings. The van der Waals surface area contributed by atoms with Crippen molar-refractivity contribution < 1.29 is 48.3 Å². The molecule has 2 aromatic heterocycles. The maximum Gasteiger partial charge on any atom is 0.317 e. The number of nitrogens with zero attached hydrogens (tertiary/aromatic N) is 2. The molecule has 1 fully saturated rings. The highest BCUT2D eigenvalue weighted by Gasteiger charge is 2.23. The number of hydrogen-bond donors (Lipinski definition) is 6. The quantitative estimate of drug-likeness (QED) is 0.0437. The number of carbonyl (C=O) groups excluding carboxylic acids is 2. The van der Waals surface area contributed by atoms with Crippen molar-refractivity contribution in [1.29, 1.82) is 0 Å². The summed E-state index contributed by atoms with van der Waals surface area (Å²) in [4.78, 5) is 54.5. The van der Waals surface area contributed by atoms with Crippen LogP contribution in [-0.2, 0) is 45.5 Å². The van der Waals surface area contributed by atoms with Crippen LogP contribution in [0, 0.1) is 13.8 Å². The smallest absolute Gasteiger partial charge is 0.317 e. The van der Waals surface area contributed by atoms with Gasteiger partial charge >= 0.3 is 11.9 Å². The number of aromatic nitrogens is 2. The van der Waals surface area contributed by atoms with Crippen LogP contribution >= 0.6 is 31.9 Å². The molecule has 0 aliphatic carbocycles. The van der Waals surface area contributed by atoms with E-state index in [1.165, 1.54) is 0 Å². The highest BCUT2D eigenvalue weighted by molar-refractivity contribution is 9.10. The van der Waals surface area contributed by atoms with Crippen molar-refractivity contribution in [2.75, 3.05) is 26.3 Å². The number of benzene rings is 2. The zero-order chi connectivity index (χ0) is 43.9. The van der Waals surface area contributed by atoms with Gasteiger partial charge in [-0.3, -0.25) is 19.2 Å². The second kappa shape index (κ2) is 23.1. The number of pyridine rings is 2. The van der Waals surface area contributed by atoms with Gasteiger partial charge in [0.2, 0.25) is 35.8 Å². The highest BCUT2D eigenvalue weighted by Crippen LogP contribution is 2.35. The lowest BCUT2D eigenvalue weighted by Gasteiger charge is -2.19. The van der Waals surface area contributed by atoms with Gasteiger partial charge in [0.1, 0.15) is 26.4 Å². The minimum absolute atomic E-state index is 0.0290. The normalized spacial score (nSPS) is 13.9. The fourth-order valence-corrected chi connectivity index (χ4v) is 7.64. The zero-order valence-electron chi connectivity index (χ0n) is 34.1. The molecule has 3 heterocycles. The Morgan fingerprint density at radius 1 is 0.820 bits per heavy atom. The van der Waals surface area contributed by atoms with E-state index in [1.807, 2.05) is 45.0 Å². The molecule has 2 aromatic carbocycles. The Kier molecular flexibility index (Phi) is 17.7. The largest absolute Gasteiger partial charge is 0.480 e. The second-order valence-electron chi connectivity index (χ2n) is 14.4. The van der Waals surface area contributed by atoms with Crippen LogP contribution in [0.15, 0.2) is 57.5 Å². The minimum atomic E-state index is -0.993. The highest BCUT2D eigenvalue weighted by atomic mass is 79.9. The van der Waals surface area contributed by atoms with E-state index in [0.29, 0.717) is 51.6 Å². The summed E-state index contributed by atoms with van der Waals surface area (Å²) < 4.78 is 25.8. The molecule has 0 bridgehead atoms. The summed E-state index contributed by atoms with van der Waals surface area (Å²) in [7, 11) is 0. The lowest BCUT2D eigenvalue weighted by Crippen LogP contribution is -2.34. The Labute approximate surface area is 370 Å². The number of halogens is 2.